The molecule has 1 unspecified atom stereocenters. The van der Waals surface area contributed by atoms with E-state index >= 15 is 0 Å². The van der Waals surface area contributed by atoms with E-state index in [1.54, 1.807) is 24.3 Å². The van der Waals surface area contributed by atoms with Gasteiger partial charge in [-0.3, -0.25) is 19.7 Å². The van der Waals surface area contributed by atoms with Crippen molar-refractivity contribution in [2.24, 2.45) is 0 Å². The number of nitro benzene ring substituents is 1. The zero-order chi connectivity index (χ0) is 20.8. The summed E-state index contributed by atoms with van der Waals surface area (Å²) in [4.78, 5) is 36.8. The van der Waals surface area contributed by atoms with Gasteiger partial charge in [-0.25, -0.2) is 0 Å². The summed E-state index contributed by atoms with van der Waals surface area (Å²) in [6, 6.07) is 13.3. The number of nitro groups is 1. The maximum absolute atomic E-state index is 12.6. The van der Waals surface area contributed by atoms with Crippen LogP contribution in [0.15, 0.2) is 48.5 Å². The van der Waals surface area contributed by atoms with Crippen LogP contribution in [0.4, 0.5) is 11.4 Å². The number of rotatable bonds is 6. The van der Waals surface area contributed by atoms with Crippen LogP contribution in [0, 0.1) is 21.4 Å². The molecule has 0 radical (unpaired) electrons. The highest BCUT2D eigenvalue weighted by Gasteiger charge is 2.34. The van der Waals surface area contributed by atoms with Gasteiger partial charge in [0.1, 0.15) is 11.8 Å². The Balaban J connectivity index is 1.59. The van der Waals surface area contributed by atoms with E-state index in [0.717, 1.165) is 0 Å². The predicted octanol–water partition coefficient (Wildman–Crippen LogP) is 2.39. The zero-order valence-electron chi connectivity index (χ0n) is 15.1. The maximum atomic E-state index is 12.6. The topological polar surface area (TPSA) is 126 Å². The second-order valence-electron chi connectivity index (χ2n) is 6.10. The minimum Gasteiger partial charge on any atom is -0.484 e. The molecular formula is C19H16N4O5S. The number of benzene rings is 2. The van der Waals surface area contributed by atoms with Gasteiger partial charge in [-0.1, -0.05) is 6.07 Å². The molecule has 3 rings (SSSR count). The van der Waals surface area contributed by atoms with E-state index in [2.05, 4.69) is 5.32 Å². The van der Waals surface area contributed by atoms with Crippen molar-refractivity contribution in [1.29, 1.82) is 5.26 Å². The average Bonchev–Trinajstić information content (AvgIpc) is 3.23. The quantitative estimate of drug-likeness (QED) is 0.570. The fourth-order valence-electron chi connectivity index (χ4n) is 2.67. The maximum Gasteiger partial charge on any atom is 0.273 e. The first-order chi connectivity index (χ1) is 14.0. The molecule has 0 saturated carbocycles. The minimum atomic E-state index is -0.656. The van der Waals surface area contributed by atoms with Gasteiger partial charge in [-0.15, -0.1) is 11.8 Å². The Bertz CT molecular complexity index is 973. The molecule has 1 N–H and O–H groups in total. The molecule has 1 aliphatic heterocycles. The average molecular weight is 412 g/mol. The molecule has 10 heteroatoms. The Kier molecular flexibility index (Phi) is 6.31. The van der Waals surface area contributed by atoms with Crippen molar-refractivity contribution >= 4 is 35.0 Å². The first-order valence-electron chi connectivity index (χ1n) is 8.53. The molecule has 1 aliphatic rings. The Morgan fingerprint density at radius 1 is 1.31 bits per heavy atom. The van der Waals surface area contributed by atoms with Gasteiger partial charge in [0.05, 0.1) is 28.5 Å². The summed E-state index contributed by atoms with van der Waals surface area (Å²) in [6.07, 6.45) is 0. The molecule has 2 aromatic rings. The van der Waals surface area contributed by atoms with Crippen LogP contribution in [0.2, 0.25) is 0 Å². The minimum absolute atomic E-state index is 0.133. The lowest BCUT2D eigenvalue weighted by atomic mass is 10.2. The first-order valence-corrected chi connectivity index (χ1v) is 9.69. The molecule has 1 atom stereocenters. The standard InChI is InChI=1S/C19H16N4O5S/c20-9-13-4-6-14(7-5-13)21-19(25)17-11-29-12-22(17)18(24)10-28-16-3-1-2-15(8-16)23(26)27/h1-8,17H,10-12H2,(H,21,25). The monoisotopic (exact) mass is 412 g/mol. The highest BCUT2D eigenvalue weighted by atomic mass is 32.2. The summed E-state index contributed by atoms with van der Waals surface area (Å²) in [5, 5.41) is 22.4. The number of thioether (sulfide) groups is 1. The summed E-state index contributed by atoms with van der Waals surface area (Å²) >= 11 is 1.45. The fraction of sp³-hybridized carbons (Fsp3) is 0.211. The Morgan fingerprint density at radius 3 is 2.76 bits per heavy atom. The van der Waals surface area contributed by atoms with Crippen molar-refractivity contribution in [3.8, 4) is 11.8 Å². The number of carbonyl (C=O) groups is 2. The van der Waals surface area contributed by atoms with Crippen molar-refractivity contribution in [2.45, 2.75) is 6.04 Å². The lowest BCUT2D eigenvalue weighted by Gasteiger charge is -2.23. The van der Waals surface area contributed by atoms with Crippen molar-refractivity contribution in [3.05, 3.63) is 64.2 Å². The van der Waals surface area contributed by atoms with Gasteiger partial charge in [0.15, 0.2) is 6.61 Å². The van der Waals surface area contributed by atoms with Crippen molar-refractivity contribution in [2.75, 3.05) is 23.6 Å². The van der Waals surface area contributed by atoms with E-state index in [-0.39, 0.29) is 29.9 Å². The molecule has 1 fully saturated rings. The fourth-order valence-corrected chi connectivity index (χ4v) is 3.85. The van der Waals surface area contributed by atoms with E-state index < -0.39 is 11.0 Å². The zero-order valence-corrected chi connectivity index (χ0v) is 15.9. The molecular weight excluding hydrogens is 396 g/mol. The van der Waals surface area contributed by atoms with Gasteiger partial charge in [0, 0.05) is 17.5 Å². The van der Waals surface area contributed by atoms with Crippen molar-refractivity contribution < 1.29 is 19.2 Å². The van der Waals surface area contributed by atoms with Crippen LogP contribution < -0.4 is 10.1 Å². The predicted molar refractivity (Wildman–Crippen MR) is 106 cm³/mol. The van der Waals surface area contributed by atoms with Crippen LogP contribution in [-0.2, 0) is 9.59 Å². The molecule has 9 nitrogen and oxygen atoms in total. The van der Waals surface area contributed by atoms with Crippen LogP contribution in [0.25, 0.3) is 0 Å². The van der Waals surface area contributed by atoms with Gasteiger partial charge in [0.2, 0.25) is 5.91 Å². The number of nitrogens with one attached hydrogen (secondary N) is 1. The molecule has 0 bridgehead atoms. The molecule has 1 saturated heterocycles. The number of amides is 2. The molecule has 2 aromatic carbocycles. The number of nitrogens with zero attached hydrogens (tertiary/aromatic N) is 3. The molecule has 148 valence electrons. The Hall–Kier alpha value is -3.58. The summed E-state index contributed by atoms with van der Waals surface area (Å²) in [7, 11) is 0. The number of ether oxygens (including phenoxy) is 1. The molecule has 0 aliphatic carbocycles. The molecule has 2 amide bonds. The van der Waals surface area contributed by atoms with E-state index in [0.29, 0.717) is 22.9 Å². The normalized spacial score (nSPS) is 15.4. The van der Waals surface area contributed by atoms with Crippen molar-refractivity contribution in [3.63, 3.8) is 0 Å². The second kappa shape index (κ2) is 9.07. The number of nitriles is 1. The van der Waals surface area contributed by atoms with Gasteiger partial charge in [-0.05, 0) is 30.3 Å². The highest BCUT2D eigenvalue weighted by Crippen LogP contribution is 2.24. The van der Waals surface area contributed by atoms with Crippen molar-refractivity contribution in [1.82, 2.24) is 4.90 Å². The van der Waals surface area contributed by atoms with E-state index in [9.17, 15) is 19.7 Å². The third kappa shape index (κ3) is 5.03. The van der Waals surface area contributed by atoms with Crippen LogP contribution in [0.5, 0.6) is 5.75 Å². The van der Waals surface area contributed by atoms with E-state index in [4.69, 9.17) is 10.00 Å². The third-order valence-corrected chi connectivity index (χ3v) is 5.19. The number of hydrogen-bond acceptors (Lipinski definition) is 7. The highest BCUT2D eigenvalue weighted by molar-refractivity contribution is 7.99. The van der Waals surface area contributed by atoms with Crippen LogP contribution in [0.1, 0.15) is 5.56 Å². The summed E-state index contributed by atoms with van der Waals surface area (Å²) in [6.45, 7) is -0.331. The number of non-ortho nitro benzene ring substituents is 1. The third-order valence-electron chi connectivity index (χ3n) is 4.18. The van der Waals surface area contributed by atoms with Crippen LogP contribution in [0.3, 0.4) is 0 Å². The molecule has 0 aromatic heterocycles. The van der Waals surface area contributed by atoms with Gasteiger partial charge in [-0.2, -0.15) is 5.26 Å². The van der Waals surface area contributed by atoms with Gasteiger partial charge >= 0.3 is 0 Å². The van der Waals surface area contributed by atoms with E-state index in [1.807, 2.05) is 6.07 Å². The van der Waals surface area contributed by atoms with Crippen LogP contribution >= 0.6 is 11.8 Å². The molecule has 1 heterocycles. The lowest BCUT2D eigenvalue weighted by Crippen LogP contribution is -2.46. The number of anilines is 1. The number of carbonyl (C=O) groups excluding carboxylic acids is 2. The SMILES string of the molecule is N#Cc1ccc(NC(=O)C2CSCN2C(=O)COc2cccc([N+](=O)[O-])c2)cc1. The molecule has 29 heavy (non-hydrogen) atoms. The summed E-state index contributed by atoms with van der Waals surface area (Å²) in [5.74, 6) is 0.288. The van der Waals surface area contributed by atoms with Gasteiger partial charge in [0.25, 0.3) is 11.6 Å². The molecule has 0 spiro atoms. The van der Waals surface area contributed by atoms with Gasteiger partial charge < -0.3 is 15.0 Å². The van der Waals surface area contributed by atoms with Crippen LogP contribution in [-0.4, -0.2) is 45.9 Å². The first kappa shape index (κ1) is 20.2. The lowest BCUT2D eigenvalue weighted by molar-refractivity contribution is -0.384. The van der Waals surface area contributed by atoms with E-state index in [1.165, 1.54) is 40.9 Å². The smallest absolute Gasteiger partial charge is 0.273 e. The summed E-state index contributed by atoms with van der Waals surface area (Å²) in [5.41, 5.74) is 0.881. The number of hydrogen-bond donors (Lipinski definition) is 1. The second-order valence-corrected chi connectivity index (χ2v) is 7.10. The Morgan fingerprint density at radius 2 is 2.07 bits per heavy atom. The summed E-state index contributed by atoms with van der Waals surface area (Å²) < 4.78 is 5.38. The largest absolute Gasteiger partial charge is 0.484 e. The Labute approximate surface area is 170 Å².